The smallest absolute Gasteiger partial charge is 0.123 e. The topological polar surface area (TPSA) is 25.2 Å². The molecule has 0 radical (unpaired) electrons. The maximum Gasteiger partial charge on any atom is 0.123 e. The molecule has 1 heterocycles. The number of halogens is 1. The Kier molecular flexibility index (Phi) is 3.94. The standard InChI is InChI=1S/C14H16FNO/c1-11(16-10-14-3-2-8-17-14)9-12-4-6-13(15)7-5-12/h2-8,11,16H,9-10H2,1H3. The van der Waals surface area contributed by atoms with Crippen molar-refractivity contribution < 1.29 is 8.81 Å². The van der Waals surface area contributed by atoms with E-state index in [-0.39, 0.29) is 5.82 Å². The third-order valence-electron chi connectivity index (χ3n) is 2.66. The molecule has 1 unspecified atom stereocenters. The Balaban J connectivity index is 1.80. The van der Waals surface area contributed by atoms with Gasteiger partial charge in [0.15, 0.2) is 0 Å². The van der Waals surface area contributed by atoms with Crippen LogP contribution in [0.15, 0.2) is 47.1 Å². The molecule has 0 aliphatic carbocycles. The summed E-state index contributed by atoms with van der Waals surface area (Å²) < 4.78 is 18.0. The normalized spacial score (nSPS) is 12.6. The Morgan fingerprint density at radius 2 is 2.00 bits per heavy atom. The van der Waals surface area contributed by atoms with Gasteiger partial charge in [-0.1, -0.05) is 12.1 Å². The van der Waals surface area contributed by atoms with Gasteiger partial charge in [0.05, 0.1) is 12.8 Å². The van der Waals surface area contributed by atoms with E-state index in [9.17, 15) is 4.39 Å². The summed E-state index contributed by atoms with van der Waals surface area (Å²) in [7, 11) is 0. The van der Waals surface area contributed by atoms with Crippen molar-refractivity contribution in [2.75, 3.05) is 0 Å². The molecule has 0 spiro atoms. The lowest BCUT2D eigenvalue weighted by Crippen LogP contribution is -2.27. The van der Waals surface area contributed by atoms with Gasteiger partial charge in [-0.15, -0.1) is 0 Å². The second kappa shape index (κ2) is 5.64. The molecule has 0 aliphatic heterocycles. The summed E-state index contributed by atoms with van der Waals surface area (Å²) >= 11 is 0. The molecule has 2 nitrogen and oxygen atoms in total. The number of nitrogens with one attached hydrogen (secondary N) is 1. The zero-order valence-electron chi connectivity index (χ0n) is 9.82. The molecule has 2 aromatic rings. The molecule has 1 atom stereocenters. The highest BCUT2D eigenvalue weighted by Crippen LogP contribution is 2.06. The Morgan fingerprint density at radius 1 is 1.24 bits per heavy atom. The average molecular weight is 233 g/mol. The van der Waals surface area contributed by atoms with Crippen molar-refractivity contribution >= 4 is 0 Å². The average Bonchev–Trinajstić information content (AvgIpc) is 2.83. The Hall–Kier alpha value is -1.61. The molecule has 90 valence electrons. The first-order chi connectivity index (χ1) is 8.24. The van der Waals surface area contributed by atoms with E-state index < -0.39 is 0 Å². The van der Waals surface area contributed by atoms with Crippen LogP contribution in [-0.4, -0.2) is 6.04 Å². The molecule has 3 heteroatoms. The minimum Gasteiger partial charge on any atom is -0.468 e. The van der Waals surface area contributed by atoms with E-state index >= 15 is 0 Å². The summed E-state index contributed by atoms with van der Waals surface area (Å²) in [5.74, 6) is 0.737. The number of furan rings is 1. The quantitative estimate of drug-likeness (QED) is 0.858. The highest BCUT2D eigenvalue weighted by atomic mass is 19.1. The van der Waals surface area contributed by atoms with Crippen LogP contribution in [-0.2, 0) is 13.0 Å². The number of benzene rings is 1. The Bertz CT molecular complexity index is 436. The van der Waals surface area contributed by atoms with Gasteiger partial charge in [0, 0.05) is 6.04 Å². The third-order valence-corrected chi connectivity index (χ3v) is 2.66. The van der Waals surface area contributed by atoms with Crippen LogP contribution in [0, 0.1) is 5.82 Å². The second-order valence-electron chi connectivity index (χ2n) is 4.19. The van der Waals surface area contributed by atoms with Gasteiger partial charge in [0.25, 0.3) is 0 Å². The van der Waals surface area contributed by atoms with Crippen LogP contribution in [0.1, 0.15) is 18.2 Å². The molecule has 0 bridgehead atoms. The minimum atomic E-state index is -0.190. The maximum atomic E-state index is 12.7. The van der Waals surface area contributed by atoms with Crippen molar-refractivity contribution in [1.29, 1.82) is 0 Å². The molecule has 2 rings (SSSR count). The summed E-state index contributed by atoms with van der Waals surface area (Å²) in [5, 5.41) is 3.36. The summed E-state index contributed by atoms with van der Waals surface area (Å²) in [6.07, 6.45) is 2.54. The predicted octanol–water partition coefficient (Wildman–Crippen LogP) is 3.14. The van der Waals surface area contributed by atoms with Crippen molar-refractivity contribution in [1.82, 2.24) is 5.32 Å². The van der Waals surface area contributed by atoms with Gasteiger partial charge in [0.2, 0.25) is 0 Å². The molecular formula is C14H16FNO. The molecule has 1 aromatic carbocycles. The van der Waals surface area contributed by atoms with E-state index in [2.05, 4.69) is 12.2 Å². The van der Waals surface area contributed by atoms with Crippen molar-refractivity contribution in [2.24, 2.45) is 0 Å². The van der Waals surface area contributed by atoms with Crippen LogP contribution in [0.3, 0.4) is 0 Å². The van der Waals surface area contributed by atoms with E-state index in [1.54, 1.807) is 6.26 Å². The van der Waals surface area contributed by atoms with E-state index in [0.717, 1.165) is 24.3 Å². The second-order valence-corrected chi connectivity index (χ2v) is 4.19. The minimum absolute atomic E-state index is 0.190. The highest BCUT2D eigenvalue weighted by Gasteiger charge is 2.04. The molecule has 0 saturated carbocycles. The van der Waals surface area contributed by atoms with Crippen LogP contribution < -0.4 is 5.32 Å². The number of rotatable bonds is 5. The molecule has 1 aromatic heterocycles. The zero-order chi connectivity index (χ0) is 12.1. The number of hydrogen-bond donors (Lipinski definition) is 1. The van der Waals surface area contributed by atoms with E-state index in [0.29, 0.717) is 6.04 Å². The molecule has 17 heavy (non-hydrogen) atoms. The van der Waals surface area contributed by atoms with Gasteiger partial charge in [-0.3, -0.25) is 0 Å². The van der Waals surface area contributed by atoms with Gasteiger partial charge in [0.1, 0.15) is 11.6 Å². The van der Waals surface area contributed by atoms with Crippen LogP contribution in [0.2, 0.25) is 0 Å². The molecule has 0 amide bonds. The summed E-state index contributed by atoms with van der Waals surface area (Å²) in [6, 6.07) is 10.8. The van der Waals surface area contributed by atoms with Gasteiger partial charge >= 0.3 is 0 Å². The fourth-order valence-corrected chi connectivity index (χ4v) is 1.73. The monoisotopic (exact) mass is 233 g/mol. The van der Waals surface area contributed by atoms with E-state index in [1.165, 1.54) is 12.1 Å². The van der Waals surface area contributed by atoms with Crippen molar-refractivity contribution in [3.05, 3.63) is 59.8 Å². The summed E-state index contributed by atoms with van der Waals surface area (Å²) in [4.78, 5) is 0. The lowest BCUT2D eigenvalue weighted by atomic mass is 10.1. The van der Waals surface area contributed by atoms with Crippen LogP contribution in [0.4, 0.5) is 4.39 Å². The van der Waals surface area contributed by atoms with E-state index in [4.69, 9.17) is 4.42 Å². The number of hydrogen-bond acceptors (Lipinski definition) is 2. The molecule has 1 N–H and O–H groups in total. The third kappa shape index (κ3) is 3.71. The first kappa shape index (κ1) is 11.9. The Labute approximate surface area is 100 Å². The zero-order valence-corrected chi connectivity index (χ0v) is 9.82. The first-order valence-electron chi connectivity index (χ1n) is 5.74. The highest BCUT2D eigenvalue weighted by molar-refractivity contribution is 5.17. The van der Waals surface area contributed by atoms with Gasteiger partial charge in [-0.2, -0.15) is 0 Å². The summed E-state index contributed by atoms with van der Waals surface area (Å²) in [5.41, 5.74) is 1.13. The van der Waals surface area contributed by atoms with E-state index in [1.807, 2.05) is 24.3 Å². The first-order valence-corrected chi connectivity index (χ1v) is 5.74. The largest absolute Gasteiger partial charge is 0.468 e. The fourth-order valence-electron chi connectivity index (χ4n) is 1.73. The van der Waals surface area contributed by atoms with Crippen molar-refractivity contribution in [3.8, 4) is 0 Å². The lowest BCUT2D eigenvalue weighted by Gasteiger charge is -2.12. The van der Waals surface area contributed by atoms with Gasteiger partial charge in [-0.05, 0) is 43.2 Å². The lowest BCUT2D eigenvalue weighted by molar-refractivity contribution is 0.453. The fraction of sp³-hybridized carbons (Fsp3) is 0.286. The van der Waals surface area contributed by atoms with Crippen molar-refractivity contribution in [3.63, 3.8) is 0 Å². The van der Waals surface area contributed by atoms with Gasteiger partial charge in [-0.25, -0.2) is 4.39 Å². The van der Waals surface area contributed by atoms with Crippen molar-refractivity contribution in [2.45, 2.75) is 25.9 Å². The summed E-state index contributed by atoms with van der Waals surface area (Å²) in [6.45, 7) is 2.82. The molecule has 0 fully saturated rings. The molecular weight excluding hydrogens is 217 g/mol. The SMILES string of the molecule is CC(Cc1ccc(F)cc1)NCc1ccco1. The van der Waals surface area contributed by atoms with Gasteiger partial charge < -0.3 is 9.73 Å². The van der Waals surface area contributed by atoms with Crippen LogP contribution in [0.25, 0.3) is 0 Å². The molecule has 0 aliphatic rings. The molecule has 0 saturated heterocycles. The Morgan fingerprint density at radius 3 is 2.65 bits per heavy atom. The maximum absolute atomic E-state index is 12.7. The predicted molar refractivity (Wildman–Crippen MR) is 65.1 cm³/mol. The van der Waals surface area contributed by atoms with Crippen LogP contribution >= 0.6 is 0 Å². The van der Waals surface area contributed by atoms with Crippen LogP contribution in [0.5, 0.6) is 0 Å².